The lowest BCUT2D eigenvalue weighted by Crippen LogP contribution is -2.24. The van der Waals surface area contributed by atoms with Gasteiger partial charge in [0.05, 0.1) is 38.6 Å². The number of pyridine rings is 1. The van der Waals surface area contributed by atoms with Gasteiger partial charge in [0.25, 0.3) is 5.56 Å². The quantitative estimate of drug-likeness (QED) is 0.351. The highest BCUT2D eigenvalue weighted by Gasteiger charge is 2.35. The van der Waals surface area contributed by atoms with E-state index >= 15 is 0 Å². The maximum atomic E-state index is 13.6. The molecule has 1 aliphatic heterocycles. The van der Waals surface area contributed by atoms with Crippen molar-refractivity contribution < 1.29 is 19.0 Å². The van der Waals surface area contributed by atoms with Crippen LogP contribution in [0.2, 0.25) is 5.02 Å². The van der Waals surface area contributed by atoms with Crippen molar-refractivity contribution in [1.82, 2.24) is 9.99 Å². The Balaban J connectivity index is 1.71. The fraction of sp³-hybridized carbons (Fsp3) is 0.207. The summed E-state index contributed by atoms with van der Waals surface area (Å²) in [7, 11) is 4.60. The van der Waals surface area contributed by atoms with Gasteiger partial charge in [-0.15, -0.1) is 0 Å². The van der Waals surface area contributed by atoms with Crippen molar-refractivity contribution in [3.8, 4) is 28.4 Å². The van der Waals surface area contributed by atoms with Crippen LogP contribution in [0.1, 0.15) is 30.5 Å². The first-order valence-corrected chi connectivity index (χ1v) is 12.3. The SMILES string of the molecule is COc1cc([C@@H]2CC(c3c(-c4ccccc4)c4cc(Cl)ccc4[nH]c3=O)=NN2C(C)=O)cc(OC)c1OC. The van der Waals surface area contributed by atoms with Crippen molar-refractivity contribution in [2.75, 3.05) is 21.3 Å². The van der Waals surface area contributed by atoms with Gasteiger partial charge in [-0.05, 0) is 41.5 Å². The number of ether oxygens (including phenoxy) is 3. The van der Waals surface area contributed by atoms with E-state index in [-0.39, 0.29) is 11.5 Å². The first-order valence-electron chi connectivity index (χ1n) is 11.9. The lowest BCUT2D eigenvalue weighted by molar-refractivity contribution is -0.130. The molecule has 0 saturated carbocycles. The molecule has 1 amide bonds. The highest BCUT2D eigenvalue weighted by Crippen LogP contribution is 2.44. The molecule has 9 heteroatoms. The summed E-state index contributed by atoms with van der Waals surface area (Å²) in [5, 5.41) is 7.40. The van der Waals surface area contributed by atoms with Gasteiger partial charge in [-0.2, -0.15) is 5.10 Å². The van der Waals surface area contributed by atoms with Crippen molar-refractivity contribution in [2.24, 2.45) is 5.10 Å². The normalized spacial score (nSPS) is 14.9. The van der Waals surface area contributed by atoms with Crippen molar-refractivity contribution in [1.29, 1.82) is 0 Å². The van der Waals surface area contributed by atoms with Gasteiger partial charge >= 0.3 is 0 Å². The number of nitrogens with one attached hydrogen (secondary N) is 1. The number of halogens is 1. The van der Waals surface area contributed by atoms with Crippen LogP contribution in [-0.4, -0.2) is 42.9 Å². The fourth-order valence-electron chi connectivity index (χ4n) is 4.95. The van der Waals surface area contributed by atoms with Gasteiger partial charge in [-0.1, -0.05) is 41.9 Å². The number of hydrogen-bond donors (Lipinski definition) is 1. The zero-order valence-corrected chi connectivity index (χ0v) is 22.1. The van der Waals surface area contributed by atoms with Gasteiger partial charge in [0.1, 0.15) is 0 Å². The lowest BCUT2D eigenvalue weighted by Gasteiger charge is -2.22. The predicted molar refractivity (Wildman–Crippen MR) is 148 cm³/mol. The molecule has 4 aromatic rings. The van der Waals surface area contributed by atoms with E-state index in [1.165, 1.54) is 33.3 Å². The monoisotopic (exact) mass is 531 g/mol. The third-order valence-electron chi connectivity index (χ3n) is 6.63. The standard InChI is InChI=1S/C29H26ClN3O5/c1-16(34)33-23(18-12-24(36-2)28(38-4)25(13-18)37-3)15-22(32-33)27-26(17-8-6-5-7-9-17)20-14-19(30)10-11-21(20)31-29(27)35/h5-14,23H,15H2,1-4H3,(H,31,35)/t23-/m0/s1. The molecule has 3 aromatic carbocycles. The molecule has 38 heavy (non-hydrogen) atoms. The molecule has 0 bridgehead atoms. The van der Waals surface area contributed by atoms with E-state index in [0.29, 0.717) is 51.0 Å². The van der Waals surface area contributed by atoms with Crippen LogP contribution in [0.15, 0.2) is 70.6 Å². The smallest absolute Gasteiger partial charge is 0.258 e. The Bertz CT molecular complexity index is 1610. The number of hydrogen-bond acceptors (Lipinski definition) is 6. The van der Waals surface area contributed by atoms with E-state index in [0.717, 1.165) is 16.5 Å². The van der Waals surface area contributed by atoms with Crippen LogP contribution in [-0.2, 0) is 4.79 Å². The van der Waals surface area contributed by atoms with E-state index < -0.39 is 6.04 Å². The number of benzene rings is 3. The number of nitrogens with zero attached hydrogens (tertiary/aromatic N) is 2. The van der Waals surface area contributed by atoms with E-state index in [9.17, 15) is 9.59 Å². The van der Waals surface area contributed by atoms with Crippen LogP contribution in [0.25, 0.3) is 22.0 Å². The average Bonchev–Trinajstić information content (AvgIpc) is 3.37. The molecule has 0 fully saturated rings. The molecule has 1 N–H and O–H groups in total. The molecule has 0 saturated heterocycles. The fourth-order valence-corrected chi connectivity index (χ4v) is 5.12. The summed E-state index contributed by atoms with van der Waals surface area (Å²) in [4.78, 5) is 29.3. The largest absolute Gasteiger partial charge is 0.493 e. The van der Waals surface area contributed by atoms with Crippen molar-refractivity contribution in [3.63, 3.8) is 0 Å². The summed E-state index contributed by atoms with van der Waals surface area (Å²) in [6.07, 6.45) is 0.299. The second kappa shape index (κ2) is 10.2. The van der Waals surface area contributed by atoms with Gasteiger partial charge < -0.3 is 19.2 Å². The highest BCUT2D eigenvalue weighted by molar-refractivity contribution is 6.31. The van der Waals surface area contributed by atoms with E-state index in [2.05, 4.69) is 10.1 Å². The van der Waals surface area contributed by atoms with Crippen molar-refractivity contribution in [2.45, 2.75) is 19.4 Å². The van der Waals surface area contributed by atoms with Crippen LogP contribution in [0.4, 0.5) is 0 Å². The van der Waals surface area contributed by atoms with Crippen LogP contribution in [0, 0.1) is 0 Å². The molecular weight excluding hydrogens is 506 g/mol. The minimum atomic E-state index is -0.491. The number of carbonyl (C=O) groups is 1. The molecule has 0 aliphatic carbocycles. The Hall–Kier alpha value is -4.30. The first-order chi connectivity index (χ1) is 18.4. The van der Waals surface area contributed by atoms with Crippen molar-refractivity contribution in [3.05, 3.63) is 87.2 Å². The summed E-state index contributed by atoms with van der Waals surface area (Å²) in [5.74, 6) is 1.10. The Morgan fingerprint density at radius 1 is 0.974 bits per heavy atom. The van der Waals surface area contributed by atoms with Crippen molar-refractivity contribution >= 4 is 34.1 Å². The molecule has 8 nitrogen and oxygen atoms in total. The predicted octanol–water partition coefficient (Wildman–Crippen LogP) is 5.57. The molecule has 5 rings (SSSR count). The lowest BCUT2D eigenvalue weighted by atomic mass is 9.91. The number of aromatic amines is 1. The number of carbonyl (C=O) groups excluding carboxylic acids is 1. The maximum Gasteiger partial charge on any atom is 0.258 e. The first kappa shape index (κ1) is 25.4. The van der Waals surface area contributed by atoms with Gasteiger partial charge in [-0.25, -0.2) is 5.01 Å². The Kier molecular flexibility index (Phi) is 6.82. The summed E-state index contributed by atoms with van der Waals surface area (Å²) in [6, 6.07) is 18.1. The number of rotatable bonds is 6. The third kappa shape index (κ3) is 4.37. The minimum absolute atomic E-state index is 0.264. The topological polar surface area (TPSA) is 93.2 Å². The summed E-state index contributed by atoms with van der Waals surface area (Å²) >= 11 is 6.37. The number of hydrazone groups is 1. The number of H-pyrrole nitrogens is 1. The molecule has 1 atom stereocenters. The summed E-state index contributed by atoms with van der Waals surface area (Å²) in [5.41, 5.74) is 3.52. The molecule has 1 aromatic heterocycles. The van der Waals surface area contributed by atoms with Gasteiger partial charge in [0, 0.05) is 34.8 Å². The zero-order valence-electron chi connectivity index (χ0n) is 21.4. The molecule has 0 unspecified atom stereocenters. The average molecular weight is 532 g/mol. The van der Waals surface area contributed by atoms with E-state index in [4.69, 9.17) is 25.8 Å². The van der Waals surface area contributed by atoms with Gasteiger partial charge in [0.15, 0.2) is 11.5 Å². The highest BCUT2D eigenvalue weighted by atomic mass is 35.5. The van der Waals surface area contributed by atoms with E-state index in [1.54, 1.807) is 24.3 Å². The Morgan fingerprint density at radius 2 is 1.66 bits per heavy atom. The molecule has 2 heterocycles. The van der Waals surface area contributed by atoms with Crippen LogP contribution in [0.5, 0.6) is 17.2 Å². The summed E-state index contributed by atoms with van der Waals surface area (Å²) < 4.78 is 16.5. The zero-order chi connectivity index (χ0) is 27.0. The molecule has 0 radical (unpaired) electrons. The van der Waals surface area contributed by atoms with E-state index in [1.807, 2.05) is 36.4 Å². The van der Waals surface area contributed by atoms with Crippen LogP contribution < -0.4 is 19.8 Å². The Morgan fingerprint density at radius 3 is 2.26 bits per heavy atom. The Labute approximate surface area is 224 Å². The summed E-state index contributed by atoms with van der Waals surface area (Å²) in [6.45, 7) is 1.44. The second-order valence-corrected chi connectivity index (χ2v) is 9.29. The number of aromatic nitrogens is 1. The second-order valence-electron chi connectivity index (χ2n) is 8.85. The van der Waals surface area contributed by atoms with Gasteiger partial charge in [-0.3, -0.25) is 9.59 Å². The van der Waals surface area contributed by atoms with Crippen LogP contribution >= 0.6 is 11.6 Å². The molecule has 194 valence electrons. The molecular formula is C29H26ClN3O5. The maximum absolute atomic E-state index is 13.6. The number of methoxy groups -OCH3 is 3. The number of amides is 1. The van der Waals surface area contributed by atoms with Crippen LogP contribution in [0.3, 0.4) is 0 Å². The molecule has 1 aliphatic rings. The molecule has 0 spiro atoms. The number of fused-ring (bicyclic) bond motifs is 1. The minimum Gasteiger partial charge on any atom is -0.493 e. The third-order valence-corrected chi connectivity index (χ3v) is 6.87. The van der Waals surface area contributed by atoms with Gasteiger partial charge in [0.2, 0.25) is 11.7 Å².